The first-order valence-corrected chi connectivity index (χ1v) is 10.1. The van der Waals surface area contributed by atoms with E-state index in [1.807, 2.05) is 56.7 Å². The number of carbonyl (C=O) groups excluding carboxylic acids is 1. The molecular weight excluding hydrogens is 374 g/mol. The summed E-state index contributed by atoms with van der Waals surface area (Å²) >= 11 is 0. The van der Waals surface area contributed by atoms with Gasteiger partial charge in [0.25, 0.3) is 0 Å². The van der Waals surface area contributed by atoms with E-state index in [0.717, 1.165) is 28.5 Å². The highest BCUT2D eigenvalue weighted by molar-refractivity contribution is 5.93. The Kier molecular flexibility index (Phi) is 6.57. The van der Waals surface area contributed by atoms with E-state index in [4.69, 9.17) is 0 Å². The molecule has 0 fully saturated rings. The number of aryl methyl sites for hydroxylation is 2. The van der Waals surface area contributed by atoms with Crippen LogP contribution in [-0.2, 0) is 11.3 Å². The number of hydrogen-bond acceptors (Lipinski definition) is 4. The fourth-order valence-electron chi connectivity index (χ4n) is 3.45. The van der Waals surface area contributed by atoms with Crippen molar-refractivity contribution in [1.82, 2.24) is 14.7 Å². The molecule has 6 nitrogen and oxygen atoms in total. The lowest BCUT2D eigenvalue weighted by Gasteiger charge is -2.18. The van der Waals surface area contributed by atoms with Crippen molar-refractivity contribution in [3.8, 4) is 5.69 Å². The molecule has 0 bridgehead atoms. The molecule has 2 aromatic carbocycles. The second kappa shape index (κ2) is 9.13. The highest BCUT2D eigenvalue weighted by Crippen LogP contribution is 2.23. The summed E-state index contributed by atoms with van der Waals surface area (Å²) in [5.74, 6) is -0.0444. The van der Waals surface area contributed by atoms with Gasteiger partial charge in [0.2, 0.25) is 5.91 Å². The molecule has 1 aromatic heterocycles. The molecule has 158 valence electrons. The fourth-order valence-corrected chi connectivity index (χ4v) is 3.45. The number of amides is 1. The van der Waals surface area contributed by atoms with Crippen molar-refractivity contribution in [2.24, 2.45) is 0 Å². The van der Waals surface area contributed by atoms with Gasteiger partial charge in [-0.15, -0.1) is 0 Å². The van der Waals surface area contributed by atoms with Gasteiger partial charge in [0, 0.05) is 26.3 Å². The number of benzene rings is 2. The average Bonchev–Trinajstić information content (AvgIpc) is 2.97. The van der Waals surface area contributed by atoms with Crippen molar-refractivity contribution >= 4 is 17.3 Å². The topological polar surface area (TPSA) is 53.4 Å². The van der Waals surface area contributed by atoms with E-state index < -0.39 is 0 Å². The minimum Gasteiger partial charge on any atom is -0.378 e. The zero-order valence-corrected chi connectivity index (χ0v) is 18.7. The van der Waals surface area contributed by atoms with Crippen LogP contribution >= 0.6 is 0 Å². The summed E-state index contributed by atoms with van der Waals surface area (Å²) in [5.41, 5.74) is 7.04. The molecule has 0 unspecified atom stereocenters. The van der Waals surface area contributed by atoms with Crippen LogP contribution in [0.25, 0.3) is 5.69 Å². The van der Waals surface area contributed by atoms with E-state index in [9.17, 15) is 4.79 Å². The molecule has 0 aliphatic carbocycles. The first-order valence-electron chi connectivity index (χ1n) is 10.1. The monoisotopic (exact) mass is 405 g/mol. The zero-order chi connectivity index (χ0) is 21.8. The lowest BCUT2D eigenvalue weighted by Crippen LogP contribution is -2.30. The molecule has 0 aliphatic rings. The highest BCUT2D eigenvalue weighted by atomic mass is 16.2. The van der Waals surface area contributed by atoms with Crippen molar-refractivity contribution in [3.63, 3.8) is 0 Å². The summed E-state index contributed by atoms with van der Waals surface area (Å²) in [6.07, 6.45) is 0. The SMILES string of the molecule is Cc1ccc(-n2nc(C)c(NC(=O)CN(C)Cc3ccc(N(C)C)cc3)c2C)cc1. The summed E-state index contributed by atoms with van der Waals surface area (Å²) < 4.78 is 1.88. The third-order valence-electron chi connectivity index (χ3n) is 5.15. The minimum absolute atomic E-state index is 0.0444. The van der Waals surface area contributed by atoms with E-state index in [1.165, 1.54) is 11.1 Å². The van der Waals surface area contributed by atoms with Gasteiger partial charge in [-0.2, -0.15) is 5.10 Å². The smallest absolute Gasteiger partial charge is 0.238 e. The van der Waals surface area contributed by atoms with Crippen molar-refractivity contribution in [2.75, 3.05) is 37.9 Å². The molecule has 0 radical (unpaired) electrons. The van der Waals surface area contributed by atoms with Crippen LogP contribution in [0.4, 0.5) is 11.4 Å². The molecule has 0 spiro atoms. The number of likely N-dealkylation sites (N-methyl/N-ethyl adjacent to an activating group) is 1. The number of nitrogens with zero attached hydrogens (tertiary/aromatic N) is 4. The van der Waals surface area contributed by atoms with Gasteiger partial charge in [0.05, 0.1) is 29.3 Å². The van der Waals surface area contributed by atoms with Gasteiger partial charge in [-0.3, -0.25) is 9.69 Å². The minimum atomic E-state index is -0.0444. The predicted molar refractivity (Wildman–Crippen MR) is 124 cm³/mol. The molecule has 0 saturated heterocycles. The normalized spacial score (nSPS) is 11.0. The Hall–Kier alpha value is -3.12. The van der Waals surface area contributed by atoms with Crippen LogP contribution in [-0.4, -0.2) is 48.3 Å². The summed E-state index contributed by atoms with van der Waals surface area (Å²) in [4.78, 5) is 16.7. The Bertz CT molecular complexity index is 1000. The largest absolute Gasteiger partial charge is 0.378 e. The maximum absolute atomic E-state index is 12.7. The van der Waals surface area contributed by atoms with E-state index in [0.29, 0.717) is 13.1 Å². The molecular formula is C24H31N5O. The first-order chi connectivity index (χ1) is 14.2. The number of aromatic nitrogens is 2. The standard InChI is InChI=1S/C24H31N5O/c1-17-7-11-22(12-8-17)29-19(3)24(18(2)26-29)25-23(30)16-28(6)15-20-9-13-21(14-10-20)27(4)5/h7-14H,15-16H2,1-6H3,(H,25,30). The van der Waals surface area contributed by atoms with Crippen molar-refractivity contribution in [2.45, 2.75) is 27.3 Å². The Morgan fingerprint density at radius 1 is 0.967 bits per heavy atom. The Morgan fingerprint density at radius 3 is 2.20 bits per heavy atom. The van der Waals surface area contributed by atoms with Crippen molar-refractivity contribution in [1.29, 1.82) is 0 Å². The van der Waals surface area contributed by atoms with Gasteiger partial charge in [-0.1, -0.05) is 29.8 Å². The van der Waals surface area contributed by atoms with Gasteiger partial charge in [0.1, 0.15) is 0 Å². The second-order valence-electron chi connectivity index (χ2n) is 8.07. The zero-order valence-electron chi connectivity index (χ0n) is 18.7. The van der Waals surface area contributed by atoms with Gasteiger partial charge >= 0.3 is 0 Å². The number of hydrogen-bond donors (Lipinski definition) is 1. The summed E-state index contributed by atoms with van der Waals surface area (Å²) in [6.45, 7) is 6.98. The summed E-state index contributed by atoms with van der Waals surface area (Å²) in [5, 5.41) is 7.67. The van der Waals surface area contributed by atoms with Crippen LogP contribution in [0, 0.1) is 20.8 Å². The van der Waals surface area contributed by atoms with Gasteiger partial charge < -0.3 is 10.2 Å². The van der Waals surface area contributed by atoms with Crippen LogP contribution in [0.2, 0.25) is 0 Å². The molecule has 3 rings (SSSR count). The van der Waals surface area contributed by atoms with E-state index in [-0.39, 0.29) is 5.91 Å². The third kappa shape index (κ3) is 5.07. The molecule has 6 heteroatoms. The Balaban J connectivity index is 1.63. The van der Waals surface area contributed by atoms with Gasteiger partial charge in [0.15, 0.2) is 0 Å². The number of rotatable bonds is 7. The van der Waals surface area contributed by atoms with Crippen LogP contribution in [0.3, 0.4) is 0 Å². The van der Waals surface area contributed by atoms with Crippen LogP contribution < -0.4 is 10.2 Å². The van der Waals surface area contributed by atoms with E-state index in [2.05, 4.69) is 58.6 Å². The Morgan fingerprint density at radius 2 is 1.60 bits per heavy atom. The lowest BCUT2D eigenvalue weighted by molar-refractivity contribution is -0.117. The van der Waals surface area contributed by atoms with Crippen molar-refractivity contribution in [3.05, 3.63) is 71.0 Å². The van der Waals surface area contributed by atoms with Crippen LogP contribution in [0.5, 0.6) is 0 Å². The molecule has 0 atom stereocenters. The first kappa shape index (κ1) is 21.6. The quantitative estimate of drug-likeness (QED) is 0.647. The number of carbonyl (C=O) groups is 1. The van der Waals surface area contributed by atoms with E-state index in [1.54, 1.807) is 0 Å². The van der Waals surface area contributed by atoms with Gasteiger partial charge in [-0.25, -0.2) is 4.68 Å². The molecule has 3 aromatic rings. The second-order valence-corrected chi connectivity index (χ2v) is 8.07. The number of nitrogens with one attached hydrogen (secondary N) is 1. The molecule has 0 aliphatic heterocycles. The molecule has 0 saturated carbocycles. The van der Waals surface area contributed by atoms with Gasteiger partial charge in [-0.05, 0) is 57.6 Å². The molecule has 1 heterocycles. The highest BCUT2D eigenvalue weighted by Gasteiger charge is 2.16. The molecule has 1 amide bonds. The Labute approximate surface area is 179 Å². The average molecular weight is 406 g/mol. The molecule has 1 N–H and O–H groups in total. The lowest BCUT2D eigenvalue weighted by atomic mass is 10.2. The fraction of sp³-hybridized carbons (Fsp3) is 0.333. The van der Waals surface area contributed by atoms with Crippen LogP contribution in [0.1, 0.15) is 22.5 Å². The maximum Gasteiger partial charge on any atom is 0.238 e. The summed E-state index contributed by atoms with van der Waals surface area (Å²) in [7, 11) is 6.00. The third-order valence-corrected chi connectivity index (χ3v) is 5.15. The van der Waals surface area contributed by atoms with Crippen LogP contribution in [0.15, 0.2) is 48.5 Å². The van der Waals surface area contributed by atoms with E-state index >= 15 is 0 Å². The maximum atomic E-state index is 12.7. The molecule has 30 heavy (non-hydrogen) atoms. The summed E-state index contributed by atoms with van der Waals surface area (Å²) in [6, 6.07) is 16.6. The van der Waals surface area contributed by atoms with Crippen molar-refractivity contribution < 1.29 is 4.79 Å². The predicted octanol–water partition coefficient (Wildman–Crippen LogP) is 3.93. The number of anilines is 2.